The van der Waals surface area contributed by atoms with E-state index < -0.39 is 27.2 Å². The first kappa shape index (κ1) is 21.5. The number of carbonyl (C=O) groups is 1. The number of hydrogen-bond acceptors (Lipinski definition) is 4. The van der Waals surface area contributed by atoms with Gasteiger partial charge in [-0.3, -0.25) is 19.5 Å². The molecule has 0 unspecified atom stereocenters. The third-order valence-corrected chi connectivity index (χ3v) is 5.16. The van der Waals surface area contributed by atoms with Crippen molar-refractivity contribution in [3.8, 4) is 17.3 Å². The molecule has 1 heterocycles. The van der Waals surface area contributed by atoms with Crippen LogP contribution in [0.4, 0.5) is 18.9 Å². The second-order valence-corrected chi connectivity index (χ2v) is 7.18. The summed E-state index contributed by atoms with van der Waals surface area (Å²) in [6, 6.07) is 11.4. The zero-order valence-electron chi connectivity index (χ0n) is 14.6. The van der Waals surface area contributed by atoms with Crippen LogP contribution >= 0.6 is 27.5 Å². The maximum absolute atomic E-state index is 13.8. The van der Waals surface area contributed by atoms with Gasteiger partial charge in [-0.25, -0.2) is 0 Å². The standard InChI is InChI=1S/C19H8BrClF3N3O3/c20-15-14(9-25)16(10-1-5-12(21)6-2-10)26(17(15)19(22,23)24)18(28)11-3-7-13(8-4-11)27(29)30/h1-8H. The molecule has 0 fully saturated rings. The number of halogens is 5. The smallest absolute Gasteiger partial charge is 0.269 e. The van der Waals surface area contributed by atoms with Crippen molar-refractivity contribution in [2.24, 2.45) is 0 Å². The zero-order chi connectivity index (χ0) is 22.2. The van der Waals surface area contributed by atoms with Crippen molar-refractivity contribution in [2.75, 3.05) is 0 Å². The van der Waals surface area contributed by atoms with Crippen LogP contribution in [0, 0.1) is 21.4 Å². The van der Waals surface area contributed by atoms with Gasteiger partial charge in [-0.2, -0.15) is 18.4 Å². The van der Waals surface area contributed by atoms with E-state index in [2.05, 4.69) is 15.9 Å². The maximum atomic E-state index is 13.8. The summed E-state index contributed by atoms with van der Waals surface area (Å²) >= 11 is 8.64. The highest BCUT2D eigenvalue weighted by Gasteiger charge is 2.42. The Bertz CT molecular complexity index is 1200. The Kier molecular flexibility index (Phi) is 5.70. The first-order chi connectivity index (χ1) is 14.1. The number of nitriles is 1. The topological polar surface area (TPSA) is 88.9 Å². The molecule has 0 radical (unpaired) electrons. The van der Waals surface area contributed by atoms with Gasteiger partial charge < -0.3 is 0 Å². The van der Waals surface area contributed by atoms with Gasteiger partial charge in [0.05, 0.1) is 20.7 Å². The van der Waals surface area contributed by atoms with Crippen LogP contribution in [0.3, 0.4) is 0 Å². The summed E-state index contributed by atoms with van der Waals surface area (Å²) in [6.45, 7) is 0. The molecule has 0 atom stereocenters. The zero-order valence-corrected chi connectivity index (χ0v) is 16.9. The number of non-ortho nitro benzene ring substituents is 1. The molecule has 0 aliphatic carbocycles. The molecule has 30 heavy (non-hydrogen) atoms. The van der Waals surface area contributed by atoms with Crippen LogP contribution in [0.1, 0.15) is 21.6 Å². The van der Waals surface area contributed by atoms with E-state index in [0.29, 0.717) is 9.59 Å². The molecule has 0 aliphatic heterocycles. The van der Waals surface area contributed by atoms with Gasteiger partial charge in [0.1, 0.15) is 11.8 Å². The first-order valence-corrected chi connectivity index (χ1v) is 9.20. The molecule has 0 bridgehead atoms. The van der Waals surface area contributed by atoms with Crippen LogP contribution in [0.15, 0.2) is 53.0 Å². The molecule has 0 amide bonds. The van der Waals surface area contributed by atoms with E-state index in [9.17, 15) is 33.3 Å². The number of carbonyl (C=O) groups excluding carboxylic acids is 1. The minimum absolute atomic E-state index is 0.155. The van der Waals surface area contributed by atoms with Gasteiger partial charge in [0.25, 0.3) is 11.6 Å². The number of nitro groups is 1. The monoisotopic (exact) mass is 497 g/mol. The van der Waals surface area contributed by atoms with Crippen LogP contribution in [-0.2, 0) is 6.18 Å². The number of nitro benzene ring substituents is 1. The van der Waals surface area contributed by atoms with Crippen molar-refractivity contribution < 1.29 is 22.9 Å². The summed E-state index contributed by atoms with van der Waals surface area (Å²) in [7, 11) is 0. The number of aromatic nitrogens is 1. The van der Waals surface area contributed by atoms with Crippen LogP contribution in [0.5, 0.6) is 0 Å². The third kappa shape index (κ3) is 3.81. The number of alkyl halides is 3. The van der Waals surface area contributed by atoms with Crippen LogP contribution in [0.2, 0.25) is 5.02 Å². The fourth-order valence-electron chi connectivity index (χ4n) is 2.84. The Morgan fingerprint density at radius 1 is 1.13 bits per heavy atom. The summed E-state index contributed by atoms with van der Waals surface area (Å²) in [5.41, 5.74) is -2.44. The van der Waals surface area contributed by atoms with Crippen molar-refractivity contribution in [3.05, 3.63) is 85.0 Å². The average molecular weight is 499 g/mol. The molecule has 152 valence electrons. The fraction of sp³-hybridized carbons (Fsp3) is 0.0526. The lowest BCUT2D eigenvalue weighted by Crippen LogP contribution is -2.22. The fourth-order valence-corrected chi connectivity index (χ4v) is 3.64. The quantitative estimate of drug-likeness (QED) is 0.324. The third-order valence-electron chi connectivity index (χ3n) is 4.14. The van der Waals surface area contributed by atoms with E-state index in [1.807, 2.05) is 0 Å². The first-order valence-electron chi connectivity index (χ1n) is 8.02. The number of hydrogen-bond donors (Lipinski definition) is 0. The Morgan fingerprint density at radius 3 is 2.17 bits per heavy atom. The molecule has 11 heteroatoms. The molecular weight excluding hydrogens is 491 g/mol. The van der Waals surface area contributed by atoms with Crippen molar-refractivity contribution in [1.82, 2.24) is 4.57 Å². The summed E-state index contributed by atoms with van der Waals surface area (Å²) in [4.78, 5) is 23.2. The van der Waals surface area contributed by atoms with E-state index in [1.54, 1.807) is 6.07 Å². The Morgan fingerprint density at radius 2 is 1.70 bits per heavy atom. The summed E-state index contributed by atoms with van der Waals surface area (Å²) in [6.07, 6.45) is -4.98. The summed E-state index contributed by atoms with van der Waals surface area (Å²) in [5, 5.41) is 20.6. The second-order valence-electron chi connectivity index (χ2n) is 5.95. The van der Waals surface area contributed by atoms with Gasteiger partial charge >= 0.3 is 6.18 Å². The minimum Gasteiger partial charge on any atom is -0.269 e. The minimum atomic E-state index is -4.98. The van der Waals surface area contributed by atoms with E-state index in [1.165, 1.54) is 24.3 Å². The predicted molar refractivity (Wildman–Crippen MR) is 105 cm³/mol. The molecule has 3 aromatic rings. The van der Waals surface area contributed by atoms with Gasteiger partial charge in [-0.15, -0.1) is 0 Å². The van der Waals surface area contributed by atoms with Crippen molar-refractivity contribution in [2.45, 2.75) is 6.18 Å². The lowest BCUT2D eigenvalue weighted by molar-refractivity contribution is -0.384. The molecule has 0 saturated carbocycles. The van der Waals surface area contributed by atoms with E-state index in [0.717, 1.165) is 24.3 Å². The highest BCUT2D eigenvalue weighted by Crippen LogP contribution is 2.43. The Hall–Kier alpha value is -3.16. The van der Waals surface area contributed by atoms with Gasteiger partial charge in [0.15, 0.2) is 0 Å². The molecule has 3 rings (SSSR count). The molecule has 1 aromatic heterocycles. The van der Waals surface area contributed by atoms with Crippen LogP contribution in [0.25, 0.3) is 11.3 Å². The maximum Gasteiger partial charge on any atom is 0.433 e. The SMILES string of the molecule is N#Cc1c(Br)c(C(F)(F)F)n(C(=O)c2ccc([N+](=O)[O-])cc2)c1-c1ccc(Cl)cc1. The predicted octanol–water partition coefficient (Wildman–Crippen LogP) is 6.06. The van der Waals surface area contributed by atoms with Gasteiger partial charge in [-0.05, 0) is 40.2 Å². The van der Waals surface area contributed by atoms with E-state index in [-0.39, 0.29) is 28.1 Å². The van der Waals surface area contributed by atoms with E-state index >= 15 is 0 Å². The number of benzene rings is 2. The second kappa shape index (κ2) is 7.93. The molecular formula is C19H8BrClF3N3O3. The Labute approximate surface area is 180 Å². The summed E-state index contributed by atoms with van der Waals surface area (Å²) < 4.78 is 41.3. The molecule has 0 N–H and O–H groups in total. The van der Waals surface area contributed by atoms with E-state index in [4.69, 9.17) is 11.6 Å². The molecule has 6 nitrogen and oxygen atoms in total. The normalized spacial score (nSPS) is 11.2. The lowest BCUT2D eigenvalue weighted by Gasteiger charge is -2.14. The Balaban J connectivity index is 2.33. The largest absolute Gasteiger partial charge is 0.433 e. The lowest BCUT2D eigenvalue weighted by atomic mass is 10.1. The molecule has 0 spiro atoms. The van der Waals surface area contributed by atoms with Crippen molar-refractivity contribution >= 4 is 39.1 Å². The molecule has 0 aliphatic rings. The van der Waals surface area contributed by atoms with Crippen LogP contribution in [-0.4, -0.2) is 15.4 Å². The van der Waals surface area contributed by atoms with Crippen LogP contribution < -0.4 is 0 Å². The number of rotatable bonds is 3. The van der Waals surface area contributed by atoms with Gasteiger partial charge in [0.2, 0.25) is 0 Å². The van der Waals surface area contributed by atoms with Crippen molar-refractivity contribution in [1.29, 1.82) is 5.26 Å². The average Bonchev–Trinajstić information content (AvgIpc) is 3.00. The van der Waals surface area contributed by atoms with Crippen molar-refractivity contribution in [3.63, 3.8) is 0 Å². The van der Waals surface area contributed by atoms with Gasteiger partial charge in [0, 0.05) is 28.3 Å². The highest BCUT2D eigenvalue weighted by molar-refractivity contribution is 9.10. The molecule has 2 aromatic carbocycles. The highest BCUT2D eigenvalue weighted by atomic mass is 79.9. The number of nitrogens with zero attached hydrogens (tertiary/aromatic N) is 3. The molecule has 0 saturated heterocycles. The summed E-state index contributed by atoms with van der Waals surface area (Å²) in [5.74, 6) is -1.11. The van der Waals surface area contributed by atoms with Gasteiger partial charge in [-0.1, -0.05) is 23.7 Å².